The van der Waals surface area contributed by atoms with Gasteiger partial charge in [0.15, 0.2) is 0 Å². The predicted molar refractivity (Wildman–Crippen MR) is 61.6 cm³/mol. The smallest absolute Gasteiger partial charge is 0.0438 e. The molecule has 0 aliphatic carbocycles. The summed E-state index contributed by atoms with van der Waals surface area (Å²) in [5.41, 5.74) is 7.00. The van der Waals surface area contributed by atoms with Crippen molar-refractivity contribution in [3.8, 4) is 0 Å². The lowest BCUT2D eigenvalue weighted by atomic mass is 9.81. The fraction of sp³-hybridized carbons (Fsp3) is 0.583. The lowest BCUT2D eigenvalue weighted by molar-refractivity contribution is 0.281. The van der Waals surface area contributed by atoms with Crippen LogP contribution in [-0.2, 0) is 0 Å². The van der Waals surface area contributed by atoms with E-state index >= 15 is 0 Å². The molecule has 1 aliphatic rings. The van der Waals surface area contributed by atoms with Crippen LogP contribution in [0.5, 0.6) is 0 Å². The first-order valence-corrected chi connectivity index (χ1v) is 5.65. The summed E-state index contributed by atoms with van der Waals surface area (Å²) in [4.78, 5) is 4.45. The van der Waals surface area contributed by atoms with Crippen LogP contribution in [0.4, 0.5) is 0 Å². The summed E-state index contributed by atoms with van der Waals surface area (Å²) < 4.78 is 0. The molecule has 0 bridgehead atoms. The molecule has 0 aromatic carbocycles. The van der Waals surface area contributed by atoms with Crippen LogP contribution in [0.3, 0.4) is 0 Å². The quantitative estimate of drug-likeness (QED) is 0.760. The van der Waals surface area contributed by atoms with Gasteiger partial charge in [-0.1, -0.05) is 6.07 Å². The second-order valence-corrected chi connectivity index (χ2v) is 4.40. The van der Waals surface area contributed by atoms with Gasteiger partial charge in [0, 0.05) is 30.4 Å². The van der Waals surface area contributed by atoms with E-state index in [0.29, 0.717) is 17.9 Å². The Kier molecular flexibility index (Phi) is 3.34. The van der Waals surface area contributed by atoms with Crippen molar-refractivity contribution in [2.24, 2.45) is 11.7 Å². The van der Waals surface area contributed by atoms with E-state index < -0.39 is 0 Å². The Morgan fingerprint density at radius 2 is 2.40 bits per heavy atom. The maximum atomic E-state index is 5.81. The Morgan fingerprint density at radius 3 is 3.07 bits per heavy atom. The summed E-state index contributed by atoms with van der Waals surface area (Å²) in [6.07, 6.45) is 3.01. The van der Waals surface area contributed by atoms with E-state index in [0.717, 1.165) is 19.5 Å². The normalized spacial score (nSPS) is 31.5. The molecule has 3 nitrogen and oxygen atoms in total. The minimum absolute atomic E-state index is 0.521. The van der Waals surface area contributed by atoms with Crippen LogP contribution >= 0.6 is 0 Å². The molecule has 0 spiro atoms. The Morgan fingerprint density at radius 1 is 1.53 bits per heavy atom. The zero-order chi connectivity index (χ0) is 10.7. The van der Waals surface area contributed by atoms with Crippen molar-refractivity contribution >= 4 is 0 Å². The number of nitrogens with zero attached hydrogens (tertiary/aromatic N) is 1. The molecule has 0 radical (unpaired) electrons. The summed E-state index contributed by atoms with van der Waals surface area (Å²) in [7, 11) is 0. The van der Waals surface area contributed by atoms with Gasteiger partial charge in [0.2, 0.25) is 0 Å². The number of nitrogens with two attached hydrogens (primary N) is 1. The molecule has 2 heterocycles. The van der Waals surface area contributed by atoms with Crippen molar-refractivity contribution in [1.29, 1.82) is 0 Å². The average molecular weight is 205 g/mol. The highest BCUT2D eigenvalue weighted by atomic mass is 14.9. The maximum Gasteiger partial charge on any atom is 0.0438 e. The van der Waals surface area contributed by atoms with E-state index in [1.807, 2.05) is 12.3 Å². The summed E-state index contributed by atoms with van der Waals surface area (Å²) in [5, 5.41) is 3.47. The molecule has 2 rings (SSSR count). The van der Waals surface area contributed by atoms with Gasteiger partial charge in [-0.2, -0.15) is 0 Å². The van der Waals surface area contributed by atoms with Gasteiger partial charge in [-0.05, 0) is 37.9 Å². The van der Waals surface area contributed by atoms with Gasteiger partial charge in [-0.25, -0.2) is 0 Å². The van der Waals surface area contributed by atoms with E-state index in [1.54, 1.807) is 0 Å². The summed E-state index contributed by atoms with van der Waals surface area (Å²) >= 11 is 0. The first-order valence-electron chi connectivity index (χ1n) is 5.65. The van der Waals surface area contributed by atoms with E-state index in [4.69, 9.17) is 5.73 Å². The van der Waals surface area contributed by atoms with Crippen LogP contribution in [0.1, 0.15) is 25.0 Å². The second kappa shape index (κ2) is 4.73. The minimum atomic E-state index is 0.521. The molecule has 82 valence electrons. The van der Waals surface area contributed by atoms with Crippen molar-refractivity contribution < 1.29 is 0 Å². The van der Waals surface area contributed by atoms with Gasteiger partial charge in [0.25, 0.3) is 0 Å². The monoisotopic (exact) mass is 205 g/mol. The largest absolute Gasteiger partial charge is 0.330 e. The van der Waals surface area contributed by atoms with E-state index in [1.165, 1.54) is 5.69 Å². The summed E-state index contributed by atoms with van der Waals surface area (Å²) in [6.45, 7) is 3.97. The topological polar surface area (TPSA) is 50.9 Å². The molecule has 1 saturated heterocycles. The first-order chi connectivity index (χ1) is 7.31. The first kappa shape index (κ1) is 10.6. The number of hydrogen-bond acceptors (Lipinski definition) is 3. The molecule has 0 saturated carbocycles. The number of pyridine rings is 1. The van der Waals surface area contributed by atoms with Crippen LogP contribution in [0.15, 0.2) is 24.4 Å². The highest BCUT2D eigenvalue weighted by Gasteiger charge is 2.29. The number of piperidine rings is 1. The van der Waals surface area contributed by atoms with Crippen LogP contribution in [0.2, 0.25) is 0 Å². The third kappa shape index (κ3) is 2.36. The van der Waals surface area contributed by atoms with Gasteiger partial charge < -0.3 is 11.1 Å². The van der Waals surface area contributed by atoms with Gasteiger partial charge in [-0.15, -0.1) is 0 Å². The van der Waals surface area contributed by atoms with Crippen molar-refractivity contribution in [3.05, 3.63) is 30.1 Å². The zero-order valence-electron chi connectivity index (χ0n) is 9.19. The van der Waals surface area contributed by atoms with Crippen LogP contribution < -0.4 is 11.1 Å². The van der Waals surface area contributed by atoms with Crippen molar-refractivity contribution in [1.82, 2.24) is 10.3 Å². The fourth-order valence-corrected chi connectivity index (χ4v) is 2.36. The van der Waals surface area contributed by atoms with Crippen LogP contribution in [0, 0.1) is 5.92 Å². The van der Waals surface area contributed by atoms with Crippen LogP contribution in [-0.4, -0.2) is 24.1 Å². The van der Waals surface area contributed by atoms with Gasteiger partial charge in [-0.3, -0.25) is 4.98 Å². The van der Waals surface area contributed by atoms with Crippen LogP contribution in [0.25, 0.3) is 0 Å². The highest BCUT2D eigenvalue weighted by molar-refractivity contribution is 5.13. The number of aromatic nitrogens is 1. The zero-order valence-corrected chi connectivity index (χ0v) is 9.19. The Labute approximate surface area is 91.1 Å². The average Bonchev–Trinajstić information content (AvgIpc) is 2.30. The minimum Gasteiger partial charge on any atom is -0.330 e. The molecule has 3 atom stereocenters. The number of rotatable bonds is 2. The standard InChI is InChI=1S/C12H19N3/c1-9-6-11(10(7-13)8-15-9)12-4-2-3-5-14-12/h2-5,9-11,15H,6-8,13H2,1H3. The van der Waals surface area contributed by atoms with Crippen molar-refractivity contribution in [3.63, 3.8) is 0 Å². The maximum absolute atomic E-state index is 5.81. The Bertz CT molecular complexity index is 299. The lowest BCUT2D eigenvalue weighted by Crippen LogP contribution is -2.44. The molecular formula is C12H19N3. The Hall–Kier alpha value is -0.930. The molecule has 1 aromatic rings. The SMILES string of the molecule is CC1CC(c2ccccn2)C(CN)CN1. The second-order valence-electron chi connectivity index (χ2n) is 4.40. The fourth-order valence-electron chi connectivity index (χ4n) is 2.36. The van der Waals surface area contributed by atoms with E-state index in [2.05, 4.69) is 29.4 Å². The van der Waals surface area contributed by atoms with Gasteiger partial charge >= 0.3 is 0 Å². The van der Waals surface area contributed by atoms with Gasteiger partial charge in [0.1, 0.15) is 0 Å². The van der Waals surface area contributed by atoms with Gasteiger partial charge in [0.05, 0.1) is 0 Å². The third-order valence-corrected chi connectivity index (χ3v) is 3.28. The predicted octanol–water partition coefficient (Wildman–Crippen LogP) is 1.12. The molecule has 3 unspecified atom stereocenters. The molecular weight excluding hydrogens is 186 g/mol. The number of hydrogen-bond donors (Lipinski definition) is 2. The van der Waals surface area contributed by atoms with Crippen molar-refractivity contribution in [2.75, 3.05) is 13.1 Å². The highest BCUT2D eigenvalue weighted by Crippen LogP contribution is 2.30. The summed E-state index contributed by atoms with van der Waals surface area (Å²) in [5.74, 6) is 1.04. The molecule has 1 fully saturated rings. The summed E-state index contributed by atoms with van der Waals surface area (Å²) in [6, 6.07) is 6.71. The molecule has 3 N–H and O–H groups in total. The lowest BCUT2D eigenvalue weighted by Gasteiger charge is -2.34. The van der Waals surface area contributed by atoms with Crippen molar-refractivity contribution in [2.45, 2.75) is 25.3 Å². The molecule has 1 aromatic heterocycles. The number of nitrogens with one attached hydrogen (secondary N) is 1. The molecule has 1 aliphatic heterocycles. The molecule has 0 amide bonds. The Balaban J connectivity index is 2.17. The molecule has 15 heavy (non-hydrogen) atoms. The third-order valence-electron chi connectivity index (χ3n) is 3.28. The van der Waals surface area contributed by atoms with E-state index in [9.17, 15) is 0 Å². The molecule has 3 heteroatoms. The van der Waals surface area contributed by atoms with E-state index in [-0.39, 0.29) is 0 Å².